The van der Waals surface area contributed by atoms with Crippen molar-refractivity contribution in [2.75, 3.05) is 0 Å². The number of aryl methyl sites for hydroxylation is 1. The van der Waals surface area contributed by atoms with Gasteiger partial charge >= 0.3 is 0 Å². The fourth-order valence-corrected chi connectivity index (χ4v) is 3.06. The van der Waals surface area contributed by atoms with Crippen molar-refractivity contribution in [3.8, 4) is 0 Å². The summed E-state index contributed by atoms with van der Waals surface area (Å²) in [6.45, 7) is 0. The molecule has 1 aromatic rings. The van der Waals surface area contributed by atoms with Crippen LogP contribution in [0.2, 0.25) is 0 Å². The van der Waals surface area contributed by atoms with Gasteiger partial charge in [-0.2, -0.15) is 0 Å². The van der Waals surface area contributed by atoms with Crippen molar-refractivity contribution >= 4 is 12.0 Å². The highest BCUT2D eigenvalue weighted by Crippen LogP contribution is 2.22. The Hall–Kier alpha value is -1.61. The number of fused-ring (bicyclic) bond motifs is 1. The van der Waals surface area contributed by atoms with Crippen molar-refractivity contribution in [1.82, 2.24) is 5.32 Å². The van der Waals surface area contributed by atoms with Crippen molar-refractivity contribution in [2.24, 2.45) is 0 Å². The van der Waals surface area contributed by atoms with Gasteiger partial charge in [0.25, 0.3) is 5.91 Å². The van der Waals surface area contributed by atoms with Gasteiger partial charge in [-0.15, -0.1) is 0 Å². The van der Waals surface area contributed by atoms with Gasteiger partial charge in [0.05, 0.1) is 6.10 Å². The van der Waals surface area contributed by atoms with Gasteiger partial charge in [0.15, 0.2) is 0 Å². The lowest BCUT2D eigenvalue weighted by Gasteiger charge is -2.26. The third-order valence-corrected chi connectivity index (χ3v) is 4.31. The molecular formula is C17H21NO2. The van der Waals surface area contributed by atoms with Crippen LogP contribution in [0.1, 0.15) is 53.6 Å². The lowest BCUT2D eigenvalue weighted by atomic mass is 9.92. The normalized spacial score (nSPS) is 25.1. The summed E-state index contributed by atoms with van der Waals surface area (Å²) in [4.78, 5) is 12.3. The van der Waals surface area contributed by atoms with E-state index in [0.717, 1.165) is 44.1 Å². The third-order valence-electron chi connectivity index (χ3n) is 4.31. The molecule has 0 radical (unpaired) electrons. The van der Waals surface area contributed by atoms with Crippen molar-refractivity contribution in [3.05, 3.63) is 41.0 Å². The highest BCUT2D eigenvalue weighted by atomic mass is 16.3. The van der Waals surface area contributed by atoms with Crippen LogP contribution in [-0.2, 0) is 6.42 Å². The first kappa shape index (κ1) is 13.4. The number of aliphatic hydroxyl groups excluding tert-OH is 1. The Kier molecular flexibility index (Phi) is 3.88. The molecule has 0 heterocycles. The summed E-state index contributed by atoms with van der Waals surface area (Å²) in [6, 6.07) is 6.17. The molecule has 0 saturated heterocycles. The minimum Gasteiger partial charge on any atom is -0.393 e. The molecule has 106 valence electrons. The van der Waals surface area contributed by atoms with Gasteiger partial charge in [-0.05, 0) is 61.8 Å². The lowest BCUT2D eigenvalue weighted by molar-refractivity contribution is 0.0867. The number of aliphatic hydroxyl groups is 1. The second-order valence-electron chi connectivity index (χ2n) is 5.83. The molecule has 3 heteroatoms. The van der Waals surface area contributed by atoms with Crippen LogP contribution in [0.15, 0.2) is 24.3 Å². The first-order valence-electron chi connectivity index (χ1n) is 7.51. The minimum absolute atomic E-state index is 0.0174. The summed E-state index contributed by atoms with van der Waals surface area (Å²) < 4.78 is 0. The first-order valence-corrected chi connectivity index (χ1v) is 7.51. The molecule has 2 N–H and O–H groups in total. The van der Waals surface area contributed by atoms with E-state index >= 15 is 0 Å². The summed E-state index contributed by atoms with van der Waals surface area (Å²) in [5, 5.41) is 12.6. The van der Waals surface area contributed by atoms with Crippen LogP contribution in [0.4, 0.5) is 0 Å². The Morgan fingerprint density at radius 2 is 2.00 bits per heavy atom. The standard InChI is InChI=1S/C17H21NO2/c19-16-9-7-15(8-10-16)18-17(20)14-6-5-12-3-1-2-4-13(12)11-14/h1,3,5-6,11,15-16,19H,2,4,7-10H2,(H,18,20). The molecule has 1 saturated carbocycles. The Morgan fingerprint density at radius 1 is 1.20 bits per heavy atom. The fourth-order valence-electron chi connectivity index (χ4n) is 3.06. The Labute approximate surface area is 119 Å². The van der Waals surface area contributed by atoms with Crippen LogP contribution in [0.5, 0.6) is 0 Å². The van der Waals surface area contributed by atoms with E-state index in [1.807, 2.05) is 18.2 Å². The topological polar surface area (TPSA) is 49.3 Å². The minimum atomic E-state index is -0.182. The maximum absolute atomic E-state index is 12.3. The van der Waals surface area contributed by atoms with E-state index in [1.165, 1.54) is 11.1 Å². The zero-order chi connectivity index (χ0) is 13.9. The predicted molar refractivity (Wildman–Crippen MR) is 79.5 cm³/mol. The number of rotatable bonds is 2. The van der Waals surface area contributed by atoms with E-state index in [4.69, 9.17) is 0 Å². The zero-order valence-electron chi connectivity index (χ0n) is 11.6. The maximum atomic E-state index is 12.3. The highest BCUT2D eigenvalue weighted by molar-refractivity contribution is 5.95. The number of amides is 1. The van der Waals surface area contributed by atoms with Gasteiger partial charge in [-0.25, -0.2) is 0 Å². The number of hydrogen-bond acceptors (Lipinski definition) is 2. The molecule has 1 amide bonds. The van der Waals surface area contributed by atoms with E-state index in [9.17, 15) is 9.90 Å². The first-order chi connectivity index (χ1) is 9.72. The van der Waals surface area contributed by atoms with Crippen molar-refractivity contribution in [1.29, 1.82) is 0 Å². The molecule has 0 bridgehead atoms. The average Bonchev–Trinajstić information content (AvgIpc) is 2.49. The van der Waals surface area contributed by atoms with Gasteiger partial charge < -0.3 is 10.4 Å². The Morgan fingerprint density at radius 3 is 2.80 bits per heavy atom. The maximum Gasteiger partial charge on any atom is 0.251 e. The van der Waals surface area contributed by atoms with Crippen LogP contribution in [0.25, 0.3) is 6.08 Å². The average molecular weight is 271 g/mol. The molecule has 1 aromatic carbocycles. The Balaban J connectivity index is 1.66. The molecule has 0 atom stereocenters. The summed E-state index contributed by atoms with van der Waals surface area (Å²) in [7, 11) is 0. The molecule has 3 rings (SSSR count). The molecule has 0 unspecified atom stereocenters. The van der Waals surface area contributed by atoms with E-state index in [1.54, 1.807) is 0 Å². The summed E-state index contributed by atoms with van der Waals surface area (Å²) in [6.07, 6.45) is 9.53. The summed E-state index contributed by atoms with van der Waals surface area (Å²) >= 11 is 0. The summed E-state index contributed by atoms with van der Waals surface area (Å²) in [5.74, 6) is 0.0174. The van der Waals surface area contributed by atoms with E-state index < -0.39 is 0 Å². The molecule has 2 aliphatic rings. The van der Waals surface area contributed by atoms with Crippen LogP contribution in [-0.4, -0.2) is 23.2 Å². The lowest BCUT2D eigenvalue weighted by Crippen LogP contribution is -2.38. The predicted octanol–water partition coefficient (Wildman–Crippen LogP) is 2.68. The molecule has 0 aromatic heterocycles. The smallest absolute Gasteiger partial charge is 0.251 e. The van der Waals surface area contributed by atoms with Crippen LogP contribution in [0, 0.1) is 0 Å². The van der Waals surface area contributed by atoms with E-state index in [2.05, 4.69) is 17.5 Å². The second-order valence-corrected chi connectivity index (χ2v) is 5.83. The van der Waals surface area contributed by atoms with Crippen LogP contribution >= 0.6 is 0 Å². The van der Waals surface area contributed by atoms with Gasteiger partial charge in [0.1, 0.15) is 0 Å². The number of allylic oxidation sites excluding steroid dienone is 1. The van der Waals surface area contributed by atoms with Gasteiger partial charge in [0.2, 0.25) is 0 Å². The third kappa shape index (κ3) is 2.93. The van der Waals surface area contributed by atoms with Crippen LogP contribution in [0.3, 0.4) is 0 Å². The van der Waals surface area contributed by atoms with Crippen molar-refractivity contribution < 1.29 is 9.90 Å². The highest BCUT2D eigenvalue weighted by Gasteiger charge is 2.21. The zero-order valence-corrected chi connectivity index (χ0v) is 11.6. The largest absolute Gasteiger partial charge is 0.393 e. The molecule has 0 aliphatic heterocycles. The molecule has 0 spiro atoms. The van der Waals surface area contributed by atoms with Gasteiger partial charge in [-0.3, -0.25) is 4.79 Å². The van der Waals surface area contributed by atoms with Gasteiger partial charge in [-0.1, -0.05) is 18.2 Å². The summed E-state index contributed by atoms with van der Waals surface area (Å²) in [5.41, 5.74) is 3.25. The van der Waals surface area contributed by atoms with Gasteiger partial charge in [0, 0.05) is 11.6 Å². The van der Waals surface area contributed by atoms with Crippen LogP contribution < -0.4 is 5.32 Å². The molecular weight excluding hydrogens is 250 g/mol. The number of hydrogen-bond donors (Lipinski definition) is 2. The number of carbonyl (C=O) groups is 1. The number of benzene rings is 1. The van der Waals surface area contributed by atoms with Crippen molar-refractivity contribution in [3.63, 3.8) is 0 Å². The molecule has 2 aliphatic carbocycles. The van der Waals surface area contributed by atoms with Crippen molar-refractivity contribution in [2.45, 2.75) is 50.7 Å². The molecule has 1 fully saturated rings. The van der Waals surface area contributed by atoms with E-state index in [0.29, 0.717) is 0 Å². The molecule has 20 heavy (non-hydrogen) atoms. The fraction of sp³-hybridized carbons (Fsp3) is 0.471. The van der Waals surface area contributed by atoms with E-state index in [-0.39, 0.29) is 18.1 Å². The quantitative estimate of drug-likeness (QED) is 0.869. The second kappa shape index (κ2) is 5.80. The monoisotopic (exact) mass is 271 g/mol. The molecule has 3 nitrogen and oxygen atoms in total. The number of carbonyl (C=O) groups excluding carboxylic acids is 1. The SMILES string of the molecule is O=C(NC1CCC(O)CC1)c1ccc2c(c1)CCC=C2. The number of nitrogens with one attached hydrogen (secondary N) is 1. The Bertz CT molecular complexity index is 528.